The van der Waals surface area contributed by atoms with Crippen molar-refractivity contribution < 1.29 is 13.5 Å². The number of aromatic nitrogens is 2. The minimum atomic E-state index is -0.397. The minimum Gasteiger partial charge on any atom is -0.489 e. The van der Waals surface area contributed by atoms with Crippen molar-refractivity contribution >= 4 is 10.9 Å². The Bertz CT molecular complexity index is 1440. The van der Waals surface area contributed by atoms with Gasteiger partial charge < -0.3 is 9.15 Å². The molecule has 0 unspecified atom stereocenters. The van der Waals surface area contributed by atoms with Crippen LogP contribution in [0.3, 0.4) is 0 Å². The van der Waals surface area contributed by atoms with E-state index in [9.17, 15) is 9.65 Å². The number of fused-ring (bicyclic) bond motifs is 1. The Hall–Kier alpha value is -4.50. The van der Waals surface area contributed by atoms with Crippen LogP contribution >= 0.6 is 0 Å². The van der Waals surface area contributed by atoms with Crippen molar-refractivity contribution in [2.45, 2.75) is 6.61 Å². The molecule has 0 amide bonds. The van der Waals surface area contributed by atoms with Gasteiger partial charge in [0.25, 0.3) is 0 Å². The third-order valence-corrected chi connectivity index (χ3v) is 5.06. The second-order valence-corrected chi connectivity index (χ2v) is 7.21. The number of furan rings is 1. The molecule has 0 radical (unpaired) electrons. The number of ether oxygens (including phenoxy) is 1. The summed E-state index contributed by atoms with van der Waals surface area (Å²) in [6, 6.07) is 21.4. The summed E-state index contributed by atoms with van der Waals surface area (Å²) >= 11 is 0. The van der Waals surface area contributed by atoms with Crippen molar-refractivity contribution in [2.75, 3.05) is 0 Å². The van der Waals surface area contributed by atoms with Gasteiger partial charge in [0.15, 0.2) is 0 Å². The van der Waals surface area contributed by atoms with E-state index < -0.39 is 5.82 Å². The molecule has 0 atom stereocenters. The molecular formula is C26H16FN3O2. The van der Waals surface area contributed by atoms with E-state index >= 15 is 0 Å². The van der Waals surface area contributed by atoms with Gasteiger partial charge in [0.1, 0.15) is 29.9 Å². The van der Waals surface area contributed by atoms with Gasteiger partial charge in [-0.05, 0) is 53.6 Å². The van der Waals surface area contributed by atoms with Gasteiger partial charge in [0.05, 0.1) is 23.7 Å². The van der Waals surface area contributed by atoms with E-state index in [1.807, 2.05) is 42.5 Å². The summed E-state index contributed by atoms with van der Waals surface area (Å²) in [5.74, 6) is 0.00955. The maximum atomic E-state index is 14.2. The van der Waals surface area contributed by atoms with Gasteiger partial charge in [-0.25, -0.2) is 9.37 Å². The van der Waals surface area contributed by atoms with Crippen LogP contribution in [-0.4, -0.2) is 9.97 Å². The molecule has 0 fully saturated rings. The van der Waals surface area contributed by atoms with Gasteiger partial charge in [-0.15, -0.1) is 0 Å². The first kappa shape index (κ1) is 19.5. The van der Waals surface area contributed by atoms with Crippen molar-refractivity contribution in [3.05, 3.63) is 103 Å². The number of halogens is 1. The van der Waals surface area contributed by atoms with Crippen LogP contribution in [0.25, 0.3) is 33.3 Å². The second kappa shape index (κ2) is 8.32. The zero-order valence-electron chi connectivity index (χ0n) is 16.8. The monoisotopic (exact) mass is 421 g/mol. The molecule has 0 bridgehead atoms. The third kappa shape index (κ3) is 3.92. The van der Waals surface area contributed by atoms with Crippen LogP contribution in [0.15, 0.2) is 89.9 Å². The molecule has 0 aliphatic carbocycles. The first-order chi connectivity index (χ1) is 15.7. The predicted octanol–water partition coefficient (Wildman–Crippen LogP) is 6.15. The Labute approximate surface area is 183 Å². The number of rotatable bonds is 5. The smallest absolute Gasteiger partial charge is 0.141 e. The Balaban J connectivity index is 1.44. The fourth-order valence-corrected chi connectivity index (χ4v) is 3.57. The van der Waals surface area contributed by atoms with Crippen LogP contribution in [0.5, 0.6) is 5.75 Å². The zero-order valence-corrected chi connectivity index (χ0v) is 16.8. The van der Waals surface area contributed by atoms with Crippen molar-refractivity contribution in [1.29, 1.82) is 5.26 Å². The Morgan fingerprint density at radius 3 is 2.72 bits per heavy atom. The van der Waals surface area contributed by atoms with Crippen LogP contribution < -0.4 is 4.74 Å². The standard InChI is InChI=1S/C26H16FN3O2/c27-20-10-19(25-3-1-2-7-29-25)11-22(12-20)32-15-17-4-5-23-24(18-6-8-31-16-18)13-21(14-28)30-26(23)9-17/h1-13,16H,15H2. The number of nitriles is 1. The Morgan fingerprint density at radius 1 is 1.00 bits per heavy atom. The maximum Gasteiger partial charge on any atom is 0.141 e. The van der Waals surface area contributed by atoms with Crippen LogP contribution in [-0.2, 0) is 6.61 Å². The summed E-state index contributed by atoms with van der Waals surface area (Å²) < 4.78 is 25.2. The van der Waals surface area contributed by atoms with Gasteiger partial charge in [0, 0.05) is 28.8 Å². The number of benzene rings is 2. The summed E-state index contributed by atoms with van der Waals surface area (Å²) in [4.78, 5) is 8.70. The highest BCUT2D eigenvalue weighted by molar-refractivity contribution is 5.95. The molecule has 5 rings (SSSR count). The summed E-state index contributed by atoms with van der Waals surface area (Å²) in [6.45, 7) is 0.223. The molecule has 3 aromatic heterocycles. The van der Waals surface area contributed by atoms with E-state index in [0.29, 0.717) is 28.2 Å². The predicted molar refractivity (Wildman–Crippen MR) is 118 cm³/mol. The molecule has 0 N–H and O–H groups in total. The van der Waals surface area contributed by atoms with Crippen LogP contribution in [0.2, 0.25) is 0 Å². The van der Waals surface area contributed by atoms with Crippen LogP contribution in [0, 0.1) is 17.1 Å². The fraction of sp³-hybridized carbons (Fsp3) is 0.0385. The molecular weight excluding hydrogens is 405 g/mol. The minimum absolute atomic E-state index is 0.223. The van der Waals surface area contributed by atoms with Gasteiger partial charge in [0.2, 0.25) is 0 Å². The second-order valence-electron chi connectivity index (χ2n) is 7.21. The zero-order chi connectivity index (χ0) is 21.9. The maximum absolute atomic E-state index is 14.2. The highest BCUT2D eigenvalue weighted by Crippen LogP contribution is 2.30. The van der Waals surface area contributed by atoms with Crippen molar-refractivity contribution in [2.24, 2.45) is 0 Å². The average molecular weight is 421 g/mol. The first-order valence-corrected chi connectivity index (χ1v) is 9.91. The van der Waals surface area contributed by atoms with Crippen molar-refractivity contribution in [3.8, 4) is 34.2 Å². The molecule has 154 valence electrons. The number of pyridine rings is 2. The molecule has 0 aliphatic heterocycles. The van der Waals surface area contributed by atoms with E-state index in [1.54, 1.807) is 30.9 Å². The van der Waals surface area contributed by atoms with Gasteiger partial charge in [-0.1, -0.05) is 18.2 Å². The van der Waals surface area contributed by atoms with Gasteiger partial charge in [-0.2, -0.15) is 5.26 Å². The van der Waals surface area contributed by atoms with Gasteiger partial charge >= 0.3 is 0 Å². The Morgan fingerprint density at radius 2 is 1.94 bits per heavy atom. The Kier molecular flexibility index (Phi) is 5.06. The SMILES string of the molecule is N#Cc1cc(-c2ccoc2)c2ccc(COc3cc(F)cc(-c4ccccn4)c3)cc2n1. The van der Waals surface area contributed by atoms with E-state index in [2.05, 4.69) is 16.0 Å². The molecule has 0 aliphatic rings. The normalized spacial score (nSPS) is 10.8. The van der Waals surface area contributed by atoms with E-state index in [4.69, 9.17) is 9.15 Å². The fourth-order valence-electron chi connectivity index (χ4n) is 3.57. The number of hydrogen-bond donors (Lipinski definition) is 0. The van der Waals surface area contributed by atoms with E-state index in [1.165, 1.54) is 12.1 Å². The molecule has 5 nitrogen and oxygen atoms in total. The molecule has 3 heterocycles. The van der Waals surface area contributed by atoms with Gasteiger partial charge in [-0.3, -0.25) is 4.98 Å². The van der Waals surface area contributed by atoms with E-state index in [-0.39, 0.29) is 6.61 Å². The average Bonchev–Trinajstić information content (AvgIpc) is 3.37. The number of hydrogen-bond acceptors (Lipinski definition) is 5. The lowest BCUT2D eigenvalue weighted by atomic mass is 10.0. The molecule has 2 aromatic carbocycles. The van der Waals surface area contributed by atoms with Crippen molar-refractivity contribution in [3.63, 3.8) is 0 Å². The third-order valence-electron chi connectivity index (χ3n) is 5.06. The molecule has 5 aromatic rings. The molecule has 32 heavy (non-hydrogen) atoms. The molecule has 0 saturated heterocycles. The highest BCUT2D eigenvalue weighted by Gasteiger charge is 2.11. The lowest BCUT2D eigenvalue weighted by Crippen LogP contribution is -1.98. The summed E-state index contributed by atoms with van der Waals surface area (Å²) in [5, 5.41) is 10.3. The van der Waals surface area contributed by atoms with Crippen LogP contribution in [0.1, 0.15) is 11.3 Å². The van der Waals surface area contributed by atoms with E-state index in [0.717, 1.165) is 22.1 Å². The first-order valence-electron chi connectivity index (χ1n) is 9.91. The summed E-state index contributed by atoms with van der Waals surface area (Å²) in [5.41, 5.74) is 4.90. The topological polar surface area (TPSA) is 71.9 Å². The highest BCUT2D eigenvalue weighted by atomic mass is 19.1. The van der Waals surface area contributed by atoms with Crippen LogP contribution in [0.4, 0.5) is 4.39 Å². The molecule has 6 heteroatoms. The summed E-state index contributed by atoms with van der Waals surface area (Å²) in [7, 11) is 0. The summed E-state index contributed by atoms with van der Waals surface area (Å²) in [6.07, 6.45) is 4.89. The van der Waals surface area contributed by atoms with Crippen molar-refractivity contribution in [1.82, 2.24) is 9.97 Å². The lowest BCUT2D eigenvalue weighted by Gasteiger charge is -2.11. The molecule has 0 spiro atoms. The number of nitrogens with zero attached hydrogens (tertiary/aromatic N) is 3. The quantitative estimate of drug-likeness (QED) is 0.340. The largest absolute Gasteiger partial charge is 0.489 e. The molecule has 0 saturated carbocycles. The lowest BCUT2D eigenvalue weighted by molar-refractivity contribution is 0.305.